The van der Waals surface area contributed by atoms with Gasteiger partial charge in [-0.05, 0) is 56.3 Å². The number of rotatable bonds is 4. The molecule has 0 saturated heterocycles. The molecule has 5 heteroatoms. The van der Waals surface area contributed by atoms with Gasteiger partial charge in [-0.3, -0.25) is 0 Å². The number of fused-ring (bicyclic) bond motifs is 1. The maximum absolute atomic E-state index is 13.4. The van der Waals surface area contributed by atoms with Crippen LogP contribution in [-0.2, 0) is 0 Å². The molecule has 112 valence electrons. The molecule has 0 aliphatic rings. The quantitative estimate of drug-likeness (QED) is 0.780. The van der Waals surface area contributed by atoms with Gasteiger partial charge in [-0.25, -0.2) is 14.4 Å². The Balaban J connectivity index is 1.88. The molecule has 1 aromatic heterocycles. The molecule has 2 aromatic carbocycles. The van der Waals surface area contributed by atoms with Gasteiger partial charge in [0.05, 0.1) is 11.6 Å². The van der Waals surface area contributed by atoms with E-state index in [0.717, 1.165) is 11.4 Å². The summed E-state index contributed by atoms with van der Waals surface area (Å²) in [5.41, 5.74) is 1.54. The zero-order chi connectivity index (χ0) is 15.5. The van der Waals surface area contributed by atoms with Gasteiger partial charge in [0.2, 0.25) is 0 Å². The highest BCUT2D eigenvalue weighted by molar-refractivity contribution is 5.90. The van der Waals surface area contributed by atoms with Crippen LogP contribution in [0.1, 0.15) is 13.8 Å². The summed E-state index contributed by atoms with van der Waals surface area (Å²) in [5, 5.41) is 3.82. The first-order chi connectivity index (χ1) is 10.6. The standard InChI is InChI=1S/C17H16FN3O/c1-11(2)22-14-6-4-13(5-7-14)21-17-15-9-12(18)3-8-16(15)19-10-20-17/h3-11H,1-2H3,(H,19,20,21). The Labute approximate surface area is 128 Å². The minimum absolute atomic E-state index is 0.132. The van der Waals surface area contributed by atoms with Gasteiger partial charge >= 0.3 is 0 Å². The van der Waals surface area contributed by atoms with Crippen molar-refractivity contribution >= 4 is 22.4 Å². The first-order valence-corrected chi connectivity index (χ1v) is 7.06. The van der Waals surface area contributed by atoms with Crippen LogP contribution in [-0.4, -0.2) is 16.1 Å². The predicted molar refractivity (Wildman–Crippen MR) is 85.0 cm³/mol. The number of anilines is 2. The third-order valence-corrected chi connectivity index (χ3v) is 3.09. The predicted octanol–water partition coefficient (Wildman–Crippen LogP) is 4.30. The highest BCUT2D eigenvalue weighted by Gasteiger charge is 2.06. The lowest BCUT2D eigenvalue weighted by Crippen LogP contribution is -2.05. The number of hydrogen-bond acceptors (Lipinski definition) is 4. The van der Waals surface area contributed by atoms with Crippen LogP contribution in [0, 0.1) is 5.82 Å². The molecule has 3 aromatic rings. The van der Waals surface area contributed by atoms with Crippen LogP contribution >= 0.6 is 0 Å². The summed E-state index contributed by atoms with van der Waals surface area (Å²) in [5.74, 6) is 1.06. The molecule has 3 rings (SSSR count). The molecule has 0 atom stereocenters. The van der Waals surface area contributed by atoms with Crippen LogP contribution in [0.3, 0.4) is 0 Å². The lowest BCUT2D eigenvalue weighted by molar-refractivity contribution is 0.242. The number of ether oxygens (including phenoxy) is 1. The van der Waals surface area contributed by atoms with E-state index in [1.165, 1.54) is 18.5 Å². The third kappa shape index (κ3) is 3.14. The van der Waals surface area contributed by atoms with E-state index in [1.807, 2.05) is 38.1 Å². The minimum Gasteiger partial charge on any atom is -0.491 e. The molecule has 0 aliphatic heterocycles. The second-order valence-corrected chi connectivity index (χ2v) is 5.20. The number of nitrogens with zero attached hydrogens (tertiary/aromatic N) is 2. The van der Waals surface area contributed by atoms with E-state index < -0.39 is 0 Å². The van der Waals surface area contributed by atoms with E-state index in [1.54, 1.807) is 6.07 Å². The number of nitrogens with one attached hydrogen (secondary N) is 1. The molecule has 22 heavy (non-hydrogen) atoms. The van der Waals surface area contributed by atoms with Crippen molar-refractivity contribution in [3.63, 3.8) is 0 Å². The Hall–Kier alpha value is -2.69. The van der Waals surface area contributed by atoms with Crippen molar-refractivity contribution in [2.45, 2.75) is 20.0 Å². The molecule has 4 nitrogen and oxygen atoms in total. The molecule has 0 spiro atoms. The molecule has 0 fully saturated rings. The van der Waals surface area contributed by atoms with Crippen molar-refractivity contribution in [2.75, 3.05) is 5.32 Å². The van der Waals surface area contributed by atoms with Crippen molar-refractivity contribution in [3.8, 4) is 5.75 Å². The highest BCUT2D eigenvalue weighted by Crippen LogP contribution is 2.25. The molecule has 0 radical (unpaired) electrons. The number of halogens is 1. The lowest BCUT2D eigenvalue weighted by Gasteiger charge is -2.11. The van der Waals surface area contributed by atoms with Crippen molar-refractivity contribution in [2.24, 2.45) is 0 Å². The van der Waals surface area contributed by atoms with Gasteiger partial charge in [-0.2, -0.15) is 0 Å². The number of hydrogen-bond donors (Lipinski definition) is 1. The summed E-state index contributed by atoms with van der Waals surface area (Å²) < 4.78 is 19.0. The Kier molecular flexibility index (Phi) is 3.87. The highest BCUT2D eigenvalue weighted by atomic mass is 19.1. The zero-order valence-electron chi connectivity index (χ0n) is 12.4. The molecular formula is C17H16FN3O. The zero-order valence-corrected chi connectivity index (χ0v) is 12.4. The van der Waals surface area contributed by atoms with Crippen molar-refractivity contribution in [3.05, 3.63) is 54.6 Å². The summed E-state index contributed by atoms with van der Waals surface area (Å²) >= 11 is 0. The molecule has 0 bridgehead atoms. The summed E-state index contributed by atoms with van der Waals surface area (Å²) in [6, 6.07) is 12.0. The Bertz CT molecular complexity index is 788. The van der Waals surface area contributed by atoms with Crippen molar-refractivity contribution in [1.82, 2.24) is 9.97 Å². The Morgan fingerprint density at radius 2 is 1.82 bits per heavy atom. The maximum Gasteiger partial charge on any atom is 0.141 e. The largest absolute Gasteiger partial charge is 0.491 e. The van der Waals surface area contributed by atoms with Crippen LogP contribution in [0.5, 0.6) is 5.75 Å². The van der Waals surface area contributed by atoms with E-state index in [0.29, 0.717) is 16.7 Å². The molecular weight excluding hydrogens is 281 g/mol. The lowest BCUT2D eigenvalue weighted by atomic mass is 10.2. The normalized spacial score (nSPS) is 10.9. The molecule has 1 N–H and O–H groups in total. The number of benzene rings is 2. The molecule has 0 amide bonds. The fraction of sp³-hybridized carbons (Fsp3) is 0.176. The molecule has 0 aliphatic carbocycles. The third-order valence-electron chi connectivity index (χ3n) is 3.09. The average Bonchev–Trinajstić information content (AvgIpc) is 2.49. The maximum atomic E-state index is 13.4. The minimum atomic E-state index is -0.314. The van der Waals surface area contributed by atoms with Gasteiger partial charge in [-0.1, -0.05) is 0 Å². The van der Waals surface area contributed by atoms with E-state index in [4.69, 9.17) is 4.74 Å². The Morgan fingerprint density at radius 1 is 1.05 bits per heavy atom. The summed E-state index contributed by atoms with van der Waals surface area (Å²) in [6.07, 6.45) is 1.59. The van der Waals surface area contributed by atoms with Crippen LogP contribution in [0.4, 0.5) is 15.9 Å². The fourth-order valence-electron chi connectivity index (χ4n) is 2.15. The van der Waals surface area contributed by atoms with Gasteiger partial charge in [0.25, 0.3) is 0 Å². The SMILES string of the molecule is CC(C)Oc1ccc(Nc2ncnc3ccc(F)cc23)cc1. The molecule has 1 heterocycles. The van der Waals surface area contributed by atoms with Crippen LogP contribution in [0.15, 0.2) is 48.8 Å². The van der Waals surface area contributed by atoms with Crippen molar-refractivity contribution in [1.29, 1.82) is 0 Å². The van der Waals surface area contributed by atoms with E-state index in [2.05, 4.69) is 15.3 Å². The van der Waals surface area contributed by atoms with Gasteiger partial charge in [0.15, 0.2) is 0 Å². The van der Waals surface area contributed by atoms with Gasteiger partial charge in [-0.15, -0.1) is 0 Å². The van der Waals surface area contributed by atoms with Crippen LogP contribution in [0.2, 0.25) is 0 Å². The summed E-state index contributed by atoms with van der Waals surface area (Å²) in [4.78, 5) is 8.33. The average molecular weight is 297 g/mol. The van der Waals surface area contributed by atoms with Gasteiger partial charge in [0.1, 0.15) is 23.7 Å². The fourth-order valence-corrected chi connectivity index (χ4v) is 2.15. The topological polar surface area (TPSA) is 47.0 Å². The molecule has 0 saturated carbocycles. The van der Waals surface area contributed by atoms with Crippen LogP contribution in [0.25, 0.3) is 10.9 Å². The van der Waals surface area contributed by atoms with E-state index >= 15 is 0 Å². The van der Waals surface area contributed by atoms with E-state index in [9.17, 15) is 4.39 Å². The van der Waals surface area contributed by atoms with Gasteiger partial charge < -0.3 is 10.1 Å². The summed E-state index contributed by atoms with van der Waals surface area (Å²) in [6.45, 7) is 3.96. The van der Waals surface area contributed by atoms with Crippen LogP contribution < -0.4 is 10.1 Å². The second kappa shape index (κ2) is 5.97. The first-order valence-electron chi connectivity index (χ1n) is 7.06. The monoisotopic (exact) mass is 297 g/mol. The van der Waals surface area contributed by atoms with E-state index in [-0.39, 0.29) is 11.9 Å². The van der Waals surface area contributed by atoms with Crippen molar-refractivity contribution < 1.29 is 9.13 Å². The number of aromatic nitrogens is 2. The van der Waals surface area contributed by atoms with Gasteiger partial charge in [0, 0.05) is 11.1 Å². The Morgan fingerprint density at radius 3 is 2.55 bits per heavy atom. The second-order valence-electron chi connectivity index (χ2n) is 5.20. The molecule has 0 unspecified atom stereocenters. The summed E-state index contributed by atoms with van der Waals surface area (Å²) in [7, 11) is 0. The smallest absolute Gasteiger partial charge is 0.141 e. The first kappa shape index (κ1) is 14.3.